The number of imide groups is 1. The average molecular weight is 231 g/mol. The van der Waals surface area contributed by atoms with Crippen LogP contribution in [0.5, 0.6) is 0 Å². The second-order valence-electron chi connectivity index (χ2n) is 3.48. The van der Waals surface area contributed by atoms with E-state index in [9.17, 15) is 14.4 Å². The van der Waals surface area contributed by atoms with Crippen LogP contribution in [0.25, 0.3) is 0 Å². The molecule has 1 fully saturated rings. The van der Waals surface area contributed by atoms with E-state index in [1.807, 2.05) is 19.2 Å². The molecule has 16 heavy (non-hydrogen) atoms. The summed E-state index contributed by atoms with van der Waals surface area (Å²) in [5, 5.41) is 12.7. The lowest BCUT2D eigenvalue weighted by atomic mass is 10.0. The molecule has 0 unspecified atom stereocenters. The lowest BCUT2D eigenvalue weighted by Gasteiger charge is -2.11. The number of carboxylic acid groups (broad SMARTS) is 1. The largest absolute Gasteiger partial charge is 0.480 e. The van der Waals surface area contributed by atoms with Crippen LogP contribution < -0.4 is 16.4 Å². The van der Waals surface area contributed by atoms with Gasteiger partial charge in [0, 0.05) is 0 Å². The van der Waals surface area contributed by atoms with Crippen molar-refractivity contribution >= 4 is 17.9 Å². The lowest BCUT2D eigenvalue weighted by molar-refractivity contribution is -0.139. The zero-order chi connectivity index (χ0) is 12.7. The van der Waals surface area contributed by atoms with Crippen LogP contribution in [-0.2, 0) is 9.59 Å². The van der Waals surface area contributed by atoms with Gasteiger partial charge in [-0.25, -0.2) is 4.79 Å². The SMILES string of the molecule is CC[C@H](C)[C@@H](N)C(=O)O.O=C1CNC(=O)N1. The number of hydrogen-bond donors (Lipinski definition) is 4. The molecule has 0 saturated carbocycles. The van der Waals surface area contributed by atoms with Crippen LogP contribution >= 0.6 is 0 Å². The molecule has 1 heterocycles. The lowest BCUT2D eigenvalue weighted by Crippen LogP contribution is -2.36. The molecule has 0 bridgehead atoms. The van der Waals surface area contributed by atoms with Crippen LogP contribution in [0, 0.1) is 5.92 Å². The Labute approximate surface area is 93.4 Å². The first-order valence-electron chi connectivity index (χ1n) is 4.94. The number of hydrogen-bond acceptors (Lipinski definition) is 4. The van der Waals surface area contributed by atoms with Gasteiger partial charge in [-0.15, -0.1) is 0 Å². The Balaban J connectivity index is 0.000000288. The first-order chi connectivity index (χ1) is 7.38. The molecule has 2 atom stereocenters. The Morgan fingerprint density at radius 3 is 2.25 bits per heavy atom. The van der Waals surface area contributed by atoms with Crippen molar-refractivity contribution in [3.8, 4) is 0 Å². The number of aliphatic carboxylic acids is 1. The van der Waals surface area contributed by atoms with Crippen molar-refractivity contribution in [1.82, 2.24) is 10.6 Å². The van der Waals surface area contributed by atoms with Gasteiger partial charge < -0.3 is 16.2 Å². The fourth-order valence-corrected chi connectivity index (χ4v) is 0.873. The van der Waals surface area contributed by atoms with Gasteiger partial charge in [-0.2, -0.15) is 0 Å². The molecular formula is C9H17N3O4. The minimum absolute atomic E-state index is 0.0718. The monoisotopic (exact) mass is 231 g/mol. The molecule has 0 aromatic rings. The first-order valence-corrected chi connectivity index (χ1v) is 4.94. The Morgan fingerprint density at radius 1 is 1.56 bits per heavy atom. The molecule has 0 radical (unpaired) electrons. The van der Waals surface area contributed by atoms with E-state index in [2.05, 4.69) is 5.32 Å². The molecular weight excluding hydrogens is 214 g/mol. The summed E-state index contributed by atoms with van der Waals surface area (Å²) in [5.41, 5.74) is 5.27. The topological polar surface area (TPSA) is 122 Å². The van der Waals surface area contributed by atoms with E-state index >= 15 is 0 Å². The Bertz CT molecular complexity index is 266. The average Bonchev–Trinajstić information content (AvgIpc) is 2.61. The standard InChI is InChI=1S/C6H13NO2.C3H4N2O2/c1-3-4(2)5(7)6(8)9;6-2-1-4-3(7)5-2/h4-5H,3,7H2,1-2H3,(H,8,9);1H2,(H2,4,5,6,7)/t4-,5+;/m0./s1. The number of carbonyl (C=O) groups is 3. The number of urea groups is 1. The van der Waals surface area contributed by atoms with E-state index in [0.29, 0.717) is 0 Å². The Hall–Kier alpha value is -1.63. The summed E-state index contributed by atoms with van der Waals surface area (Å²) in [6.45, 7) is 3.88. The van der Waals surface area contributed by atoms with Crippen molar-refractivity contribution < 1.29 is 19.5 Å². The molecule has 92 valence electrons. The van der Waals surface area contributed by atoms with Gasteiger partial charge in [0.15, 0.2) is 0 Å². The smallest absolute Gasteiger partial charge is 0.321 e. The van der Waals surface area contributed by atoms with Gasteiger partial charge in [0.2, 0.25) is 5.91 Å². The zero-order valence-corrected chi connectivity index (χ0v) is 9.32. The minimum atomic E-state index is -0.913. The summed E-state index contributed by atoms with van der Waals surface area (Å²) in [5.74, 6) is -1.10. The van der Waals surface area contributed by atoms with E-state index in [-0.39, 0.29) is 18.4 Å². The molecule has 0 spiro atoms. The fourth-order valence-electron chi connectivity index (χ4n) is 0.873. The molecule has 0 aromatic carbocycles. The fraction of sp³-hybridized carbons (Fsp3) is 0.667. The molecule has 1 aliphatic heterocycles. The predicted molar refractivity (Wildman–Crippen MR) is 56.6 cm³/mol. The second-order valence-corrected chi connectivity index (χ2v) is 3.48. The minimum Gasteiger partial charge on any atom is -0.480 e. The number of nitrogens with two attached hydrogens (primary N) is 1. The van der Waals surface area contributed by atoms with E-state index < -0.39 is 18.0 Å². The van der Waals surface area contributed by atoms with Crippen LogP contribution in [0.15, 0.2) is 0 Å². The van der Waals surface area contributed by atoms with Crippen LogP contribution in [0.1, 0.15) is 20.3 Å². The highest BCUT2D eigenvalue weighted by atomic mass is 16.4. The van der Waals surface area contributed by atoms with E-state index in [0.717, 1.165) is 6.42 Å². The van der Waals surface area contributed by atoms with Crippen LogP contribution in [0.3, 0.4) is 0 Å². The number of nitrogens with one attached hydrogen (secondary N) is 2. The maximum atomic E-state index is 10.2. The van der Waals surface area contributed by atoms with Crippen molar-refractivity contribution in [2.75, 3.05) is 6.54 Å². The Morgan fingerprint density at radius 2 is 2.12 bits per heavy atom. The molecule has 5 N–H and O–H groups in total. The maximum absolute atomic E-state index is 10.2. The van der Waals surface area contributed by atoms with E-state index in [4.69, 9.17) is 10.8 Å². The summed E-state index contributed by atoms with van der Waals surface area (Å²) in [6.07, 6.45) is 0.813. The molecule has 1 rings (SSSR count). The summed E-state index contributed by atoms with van der Waals surface area (Å²) < 4.78 is 0. The molecule has 7 nitrogen and oxygen atoms in total. The number of carboxylic acids is 1. The molecule has 0 aliphatic carbocycles. The van der Waals surface area contributed by atoms with Crippen molar-refractivity contribution in [2.45, 2.75) is 26.3 Å². The zero-order valence-electron chi connectivity index (χ0n) is 9.32. The first kappa shape index (κ1) is 14.4. The molecule has 7 heteroatoms. The van der Waals surface area contributed by atoms with E-state index in [1.54, 1.807) is 0 Å². The third-order valence-corrected chi connectivity index (χ3v) is 2.20. The van der Waals surface area contributed by atoms with Crippen molar-refractivity contribution in [3.63, 3.8) is 0 Å². The maximum Gasteiger partial charge on any atom is 0.321 e. The molecule has 1 aliphatic rings. The summed E-state index contributed by atoms with van der Waals surface area (Å²) in [6, 6.07) is -1.10. The highest BCUT2D eigenvalue weighted by Gasteiger charge is 2.17. The third-order valence-electron chi connectivity index (χ3n) is 2.20. The molecule has 3 amide bonds. The normalized spacial score (nSPS) is 17.7. The van der Waals surface area contributed by atoms with Gasteiger partial charge in [-0.05, 0) is 5.92 Å². The number of rotatable bonds is 3. The van der Waals surface area contributed by atoms with Gasteiger partial charge in [0.05, 0.1) is 6.54 Å². The summed E-state index contributed by atoms with van der Waals surface area (Å²) in [7, 11) is 0. The number of amides is 3. The Kier molecular flexibility index (Phi) is 6.09. The summed E-state index contributed by atoms with van der Waals surface area (Å²) >= 11 is 0. The van der Waals surface area contributed by atoms with Gasteiger partial charge in [0.1, 0.15) is 6.04 Å². The highest BCUT2D eigenvalue weighted by molar-refractivity contribution is 6.01. The van der Waals surface area contributed by atoms with Crippen LogP contribution in [0.2, 0.25) is 0 Å². The van der Waals surface area contributed by atoms with Crippen molar-refractivity contribution in [2.24, 2.45) is 11.7 Å². The van der Waals surface area contributed by atoms with Gasteiger partial charge >= 0.3 is 12.0 Å². The highest BCUT2D eigenvalue weighted by Crippen LogP contribution is 2.04. The van der Waals surface area contributed by atoms with Crippen molar-refractivity contribution in [3.05, 3.63) is 0 Å². The quantitative estimate of drug-likeness (QED) is 0.477. The van der Waals surface area contributed by atoms with E-state index in [1.165, 1.54) is 0 Å². The third kappa shape index (κ3) is 5.30. The van der Waals surface area contributed by atoms with Gasteiger partial charge in [0.25, 0.3) is 0 Å². The van der Waals surface area contributed by atoms with Crippen LogP contribution in [-0.4, -0.2) is 35.6 Å². The molecule has 0 aromatic heterocycles. The number of carbonyl (C=O) groups excluding carboxylic acids is 2. The summed E-state index contributed by atoms with van der Waals surface area (Å²) in [4.78, 5) is 30.2. The van der Waals surface area contributed by atoms with Gasteiger partial charge in [-0.3, -0.25) is 14.9 Å². The van der Waals surface area contributed by atoms with Crippen LogP contribution in [0.4, 0.5) is 4.79 Å². The van der Waals surface area contributed by atoms with Gasteiger partial charge in [-0.1, -0.05) is 20.3 Å². The second kappa shape index (κ2) is 6.78. The predicted octanol–water partition coefficient (Wildman–Crippen LogP) is -0.730. The van der Waals surface area contributed by atoms with Crippen molar-refractivity contribution in [1.29, 1.82) is 0 Å². The molecule has 1 saturated heterocycles.